The second-order valence-electron chi connectivity index (χ2n) is 11.8. The average molecular weight is 584 g/mol. The minimum atomic E-state index is -1.93. The van der Waals surface area contributed by atoms with Crippen molar-refractivity contribution in [2.24, 2.45) is 0 Å². The largest absolute Gasteiger partial charge is 0.506 e. The molecule has 1 N–H and O–H groups in total. The summed E-state index contributed by atoms with van der Waals surface area (Å²) in [5.74, 6) is -0.0726. The lowest BCUT2D eigenvalue weighted by molar-refractivity contribution is 0.0594. The Hall–Kier alpha value is -3.57. The average Bonchev–Trinajstić information content (AvgIpc) is 3.21. The fourth-order valence-electron chi connectivity index (χ4n) is 5.00. The zero-order valence-corrected chi connectivity index (χ0v) is 26.3. The van der Waals surface area contributed by atoms with Gasteiger partial charge in [0, 0.05) is 28.5 Å². The molecular formula is C30H41N3O7Si. The number of fused-ring (bicyclic) bond motifs is 3. The summed E-state index contributed by atoms with van der Waals surface area (Å²) in [5, 5.41) is 16.0. The van der Waals surface area contributed by atoms with Crippen molar-refractivity contribution in [2.45, 2.75) is 71.3 Å². The Balaban J connectivity index is 1.84. The first-order valence-corrected chi connectivity index (χ1v) is 16.7. The Labute approximate surface area is 241 Å². The molecule has 10 nitrogen and oxygen atoms in total. The Morgan fingerprint density at radius 1 is 1.12 bits per heavy atom. The van der Waals surface area contributed by atoms with E-state index in [9.17, 15) is 14.7 Å². The SMILES string of the molecule is COC(=O)c1c(O)c2c(n(Cc3ccc(OC)cc3OC)c1=O)-c1cnn(CCO[Si](C)(C)C(C)(C)C)c1CCC2. The van der Waals surface area contributed by atoms with E-state index in [-0.39, 0.29) is 22.9 Å². The fraction of sp³-hybridized carbons (Fsp3) is 0.500. The molecule has 11 heteroatoms. The highest BCUT2D eigenvalue weighted by Crippen LogP contribution is 2.39. The smallest absolute Gasteiger partial charge is 0.347 e. The normalized spacial score (nSPS) is 13.3. The first-order chi connectivity index (χ1) is 19.3. The van der Waals surface area contributed by atoms with Crippen LogP contribution in [0.3, 0.4) is 0 Å². The van der Waals surface area contributed by atoms with Crippen LogP contribution in [0.1, 0.15) is 54.4 Å². The van der Waals surface area contributed by atoms with Crippen LogP contribution in [-0.4, -0.2) is 61.7 Å². The molecular weight excluding hydrogens is 542 g/mol. The maximum atomic E-state index is 13.9. The van der Waals surface area contributed by atoms with Gasteiger partial charge in [0.15, 0.2) is 13.9 Å². The third kappa shape index (κ3) is 5.78. The molecule has 0 unspecified atom stereocenters. The predicted molar refractivity (Wildman–Crippen MR) is 159 cm³/mol. The number of benzene rings is 1. The van der Waals surface area contributed by atoms with E-state index >= 15 is 0 Å². The highest BCUT2D eigenvalue weighted by molar-refractivity contribution is 6.74. The Morgan fingerprint density at radius 3 is 2.49 bits per heavy atom. The molecule has 1 aliphatic carbocycles. The van der Waals surface area contributed by atoms with E-state index in [1.807, 2.05) is 10.7 Å². The van der Waals surface area contributed by atoms with Crippen molar-refractivity contribution in [2.75, 3.05) is 27.9 Å². The van der Waals surface area contributed by atoms with Gasteiger partial charge in [-0.1, -0.05) is 20.8 Å². The van der Waals surface area contributed by atoms with Crippen LogP contribution in [0.25, 0.3) is 11.3 Å². The van der Waals surface area contributed by atoms with Crippen LogP contribution in [0.5, 0.6) is 17.2 Å². The number of methoxy groups -OCH3 is 3. The number of hydrogen-bond donors (Lipinski definition) is 1. The van der Waals surface area contributed by atoms with Crippen LogP contribution >= 0.6 is 0 Å². The van der Waals surface area contributed by atoms with Crippen molar-refractivity contribution in [3.05, 3.63) is 57.1 Å². The lowest BCUT2D eigenvalue weighted by Crippen LogP contribution is -2.41. The minimum absolute atomic E-state index is 0.0950. The Morgan fingerprint density at radius 2 is 1.85 bits per heavy atom. The zero-order chi connectivity index (χ0) is 30.1. The molecule has 0 aliphatic heterocycles. The van der Waals surface area contributed by atoms with Gasteiger partial charge in [-0.05, 0) is 49.5 Å². The molecule has 0 spiro atoms. The first kappa shape index (κ1) is 30.4. The van der Waals surface area contributed by atoms with Crippen molar-refractivity contribution in [1.29, 1.82) is 0 Å². The summed E-state index contributed by atoms with van der Waals surface area (Å²) in [6.07, 6.45) is 3.61. The molecule has 41 heavy (non-hydrogen) atoms. The van der Waals surface area contributed by atoms with Gasteiger partial charge in [0.05, 0.1) is 52.9 Å². The molecule has 2 heterocycles. The van der Waals surface area contributed by atoms with Gasteiger partial charge in [0.2, 0.25) is 0 Å². The summed E-state index contributed by atoms with van der Waals surface area (Å²) < 4.78 is 25.7. The van der Waals surface area contributed by atoms with Gasteiger partial charge in [-0.3, -0.25) is 9.48 Å². The van der Waals surface area contributed by atoms with E-state index in [0.29, 0.717) is 60.7 Å². The molecule has 0 radical (unpaired) electrons. The van der Waals surface area contributed by atoms with Crippen molar-refractivity contribution in [3.63, 3.8) is 0 Å². The second-order valence-corrected chi connectivity index (χ2v) is 16.6. The highest BCUT2D eigenvalue weighted by Gasteiger charge is 2.37. The number of esters is 1. The fourth-order valence-corrected chi connectivity index (χ4v) is 6.03. The predicted octanol–water partition coefficient (Wildman–Crippen LogP) is 4.78. The van der Waals surface area contributed by atoms with Crippen molar-refractivity contribution >= 4 is 14.3 Å². The van der Waals surface area contributed by atoms with Crippen LogP contribution in [0.4, 0.5) is 0 Å². The molecule has 0 bridgehead atoms. The molecule has 0 amide bonds. The van der Waals surface area contributed by atoms with Crippen molar-refractivity contribution in [1.82, 2.24) is 14.3 Å². The number of hydrogen-bond acceptors (Lipinski definition) is 8. The number of carbonyl (C=O) groups is 1. The van der Waals surface area contributed by atoms with E-state index < -0.39 is 19.8 Å². The first-order valence-electron chi connectivity index (χ1n) is 13.8. The summed E-state index contributed by atoms with van der Waals surface area (Å²) >= 11 is 0. The van der Waals surface area contributed by atoms with Gasteiger partial charge < -0.3 is 28.3 Å². The van der Waals surface area contributed by atoms with Gasteiger partial charge in [-0.15, -0.1) is 0 Å². The molecule has 0 saturated carbocycles. The molecule has 0 atom stereocenters. The van der Waals surface area contributed by atoms with Crippen LogP contribution < -0.4 is 15.0 Å². The third-order valence-electron chi connectivity index (χ3n) is 8.37. The number of pyridine rings is 1. The van der Waals surface area contributed by atoms with E-state index in [1.54, 1.807) is 32.5 Å². The van der Waals surface area contributed by atoms with Gasteiger partial charge in [0.25, 0.3) is 5.56 Å². The number of carbonyl (C=O) groups excluding carboxylic acids is 1. The minimum Gasteiger partial charge on any atom is -0.506 e. The topological polar surface area (TPSA) is 114 Å². The van der Waals surface area contributed by atoms with Crippen LogP contribution in [0, 0.1) is 0 Å². The number of aromatic hydroxyl groups is 1. The molecule has 4 rings (SSSR count). The maximum absolute atomic E-state index is 13.9. The Kier molecular flexibility index (Phi) is 8.69. The number of rotatable bonds is 9. The molecule has 0 fully saturated rings. The molecule has 222 valence electrons. The number of ether oxygens (including phenoxy) is 3. The van der Waals surface area contributed by atoms with Crippen LogP contribution in [0.15, 0.2) is 29.2 Å². The van der Waals surface area contributed by atoms with Gasteiger partial charge in [-0.25, -0.2) is 4.79 Å². The maximum Gasteiger partial charge on any atom is 0.347 e. The Bertz CT molecular complexity index is 1500. The third-order valence-corrected chi connectivity index (χ3v) is 12.9. The highest BCUT2D eigenvalue weighted by atomic mass is 28.4. The standard InChI is InChI=1S/C30H41N3O7Si/c1-30(2,3)41(7,8)40-15-14-33-23-11-9-10-21-26(22(23)17-31-33)32(28(35)25(27(21)34)29(36)39-6)18-19-12-13-20(37-4)16-24(19)38-5/h12-13,16-17,34H,9-11,14-15,18H2,1-8H3. The molecule has 1 aliphatic rings. The quantitative estimate of drug-likeness (QED) is 0.283. The second kappa shape index (κ2) is 11.7. The van der Waals surface area contributed by atoms with Gasteiger partial charge in [0.1, 0.15) is 17.2 Å². The van der Waals surface area contributed by atoms with Crippen LogP contribution in [-0.2, 0) is 35.1 Å². The van der Waals surface area contributed by atoms with Crippen molar-refractivity contribution in [3.8, 4) is 28.5 Å². The molecule has 3 aromatic rings. The summed E-state index contributed by atoms with van der Waals surface area (Å²) in [7, 11) is 2.38. The van der Waals surface area contributed by atoms with Crippen molar-refractivity contribution < 1.29 is 28.5 Å². The van der Waals surface area contributed by atoms with Gasteiger partial charge in [-0.2, -0.15) is 5.10 Å². The zero-order valence-electron chi connectivity index (χ0n) is 25.3. The molecule has 1 aromatic carbocycles. The number of aromatic nitrogens is 3. The summed E-state index contributed by atoms with van der Waals surface area (Å²) in [4.78, 5) is 26.6. The van der Waals surface area contributed by atoms with E-state index in [0.717, 1.165) is 11.3 Å². The molecule has 0 saturated heterocycles. The van der Waals surface area contributed by atoms with Gasteiger partial charge >= 0.3 is 5.97 Å². The monoisotopic (exact) mass is 583 g/mol. The molecule has 2 aromatic heterocycles. The lowest BCUT2D eigenvalue weighted by Gasteiger charge is -2.36. The van der Waals surface area contributed by atoms with E-state index in [2.05, 4.69) is 39.0 Å². The lowest BCUT2D eigenvalue weighted by atomic mass is 10.0. The number of nitrogens with zero attached hydrogens (tertiary/aromatic N) is 3. The van der Waals surface area contributed by atoms with E-state index in [1.165, 1.54) is 11.7 Å². The summed E-state index contributed by atoms with van der Waals surface area (Å²) in [5.41, 5.74) is 2.46. The van der Waals surface area contributed by atoms with E-state index in [4.69, 9.17) is 18.6 Å². The van der Waals surface area contributed by atoms with Crippen LogP contribution in [0.2, 0.25) is 18.1 Å². The summed E-state index contributed by atoms with van der Waals surface area (Å²) in [6.45, 7) is 12.3. The summed E-state index contributed by atoms with van der Waals surface area (Å²) in [6, 6.07) is 5.35.